The minimum absolute atomic E-state index is 0.0621. The van der Waals surface area contributed by atoms with Gasteiger partial charge in [-0.25, -0.2) is 4.79 Å². The Bertz CT molecular complexity index is 984. The summed E-state index contributed by atoms with van der Waals surface area (Å²) in [5, 5.41) is 28.1. The number of phenolic OH excluding ortho intramolecular Hbond substituents is 2. The van der Waals surface area contributed by atoms with E-state index in [-0.39, 0.29) is 27.3 Å². The molecule has 0 bridgehead atoms. The van der Waals surface area contributed by atoms with Gasteiger partial charge in [0.1, 0.15) is 0 Å². The van der Waals surface area contributed by atoms with Crippen LogP contribution in [0.1, 0.15) is 21.5 Å². The molecule has 2 aromatic carbocycles. The number of thioether (sulfide) groups is 1. The third-order valence-corrected chi connectivity index (χ3v) is 5.09. The predicted molar refractivity (Wildman–Crippen MR) is 104 cm³/mol. The summed E-state index contributed by atoms with van der Waals surface area (Å²) < 4.78 is 0.287. The van der Waals surface area contributed by atoms with Gasteiger partial charge in [-0.15, -0.1) is 0 Å². The summed E-state index contributed by atoms with van der Waals surface area (Å²) in [4.78, 5) is 25.6. The molecule has 6 nitrogen and oxygen atoms in total. The molecule has 0 aliphatic carbocycles. The van der Waals surface area contributed by atoms with Gasteiger partial charge in [0, 0.05) is 0 Å². The van der Waals surface area contributed by atoms with E-state index in [4.69, 9.17) is 12.2 Å². The van der Waals surface area contributed by atoms with E-state index < -0.39 is 5.97 Å². The Labute approximate surface area is 158 Å². The second-order valence-electron chi connectivity index (χ2n) is 5.57. The summed E-state index contributed by atoms with van der Waals surface area (Å²) in [5.74, 6) is -2.01. The molecule has 1 aliphatic rings. The molecule has 0 unspecified atom stereocenters. The van der Waals surface area contributed by atoms with Crippen LogP contribution >= 0.6 is 24.0 Å². The average molecular weight is 387 g/mol. The van der Waals surface area contributed by atoms with Crippen LogP contribution in [0.5, 0.6) is 11.5 Å². The van der Waals surface area contributed by atoms with Crippen molar-refractivity contribution in [2.45, 2.75) is 6.92 Å². The number of hydrogen-bond donors (Lipinski definition) is 3. The van der Waals surface area contributed by atoms with Gasteiger partial charge in [0.25, 0.3) is 5.91 Å². The van der Waals surface area contributed by atoms with Gasteiger partial charge in [-0.3, -0.25) is 9.69 Å². The van der Waals surface area contributed by atoms with Crippen molar-refractivity contribution in [3.05, 3.63) is 58.0 Å². The lowest BCUT2D eigenvalue weighted by Gasteiger charge is -2.17. The predicted octanol–water partition coefficient (Wildman–Crippen LogP) is 3.51. The van der Waals surface area contributed by atoms with E-state index >= 15 is 0 Å². The Hall–Kier alpha value is -2.84. The van der Waals surface area contributed by atoms with Crippen LogP contribution in [0, 0.1) is 6.92 Å². The van der Waals surface area contributed by atoms with Gasteiger partial charge in [0.15, 0.2) is 15.8 Å². The lowest BCUT2D eigenvalue weighted by molar-refractivity contribution is -0.113. The van der Waals surface area contributed by atoms with Crippen LogP contribution in [-0.2, 0) is 4.79 Å². The van der Waals surface area contributed by atoms with Crippen molar-refractivity contribution in [2.24, 2.45) is 0 Å². The maximum Gasteiger partial charge on any atom is 0.335 e. The van der Waals surface area contributed by atoms with Crippen LogP contribution in [0.2, 0.25) is 0 Å². The molecule has 3 rings (SSSR count). The summed E-state index contributed by atoms with van der Waals surface area (Å²) in [5.41, 5.74) is 1.73. The minimum Gasteiger partial charge on any atom is -0.504 e. The van der Waals surface area contributed by atoms with Crippen LogP contribution < -0.4 is 4.90 Å². The topological polar surface area (TPSA) is 98.1 Å². The zero-order valence-electron chi connectivity index (χ0n) is 13.5. The Balaban J connectivity index is 1.99. The maximum atomic E-state index is 12.8. The lowest BCUT2D eigenvalue weighted by atomic mass is 10.1. The molecular weight excluding hydrogens is 374 g/mol. The highest BCUT2D eigenvalue weighted by atomic mass is 32.2. The number of benzene rings is 2. The number of nitrogens with zero attached hydrogens (tertiary/aromatic N) is 1. The summed E-state index contributed by atoms with van der Waals surface area (Å²) in [7, 11) is 0. The molecule has 0 spiro atoms. The number of hydrogen-bond acceptors (Lipinski definition) is 6. The number of carboxylic acids is 1. The van der Waals surface area contributed by atoms with E-state index in [1.807, 2.05) is 0 Å². The summed E-state index contributed by atoms with van der Waals surface area (Å²) in [6, 6.07) is 8.71. The van der Waals surface area contributed by atoms with Gasteiger partial charge >= 0.3 is 5.97 Å². The molecule has 3 N–H and O–H groups in total. The minimum atomic E-state index is -1.09. The first-order chi connectivity index (χ1) is 12.3. The van der Waals surface area contributed by atoms with Gasteiger partial charge in [0.2, 0.25) is 0 Å². The normalized spacial score (nSPS) is 15.7. The number of carbonyl (C=O) groups excluding carboxylic acids is 1. The highest BCUT2D eigenvalue weighted by Crippen LogP contribution is 2.38. The van der Waals surface area contributed by atoms with Crippen molar-refractivity contribution in [3.8, 4) is 11.5 Å². The maximum absolute atomic E-state index is 12.8. The Morgan fingerprint density at radius 2 is 1.88 bits per heavy atom. The second kappa shape index (κ2) is 6.81. The monoisotopic (exact) mass is 387 g/mol. The number of aryl methyl sites for hydroxylation is 1. The molecular formula is C18H13NO5S2. The number of carbonyl (C=O) groups is 2. The van der Waals surface area contributed by atoms with Crippen LogP contribution in [-0.4, -0.2) is 31.5 Å². The highest BCUT2D eigenvalue weighted by Gasteiger charge is 2.34. The highest BCUT2D eigenvalue weighted by molar-refractivity contribution is 8.27. The molecule has 0 atom stereocenters. The number of anilines is 1. The molecule has 2 aromatic rings. The fraction of sp³-hybridized carbons (Fsp3) is 0.0556. The van der Waals surface area contributed by atoms with Crippen molar-refractivity contribution >= 4 is 51.9 Å². The zero-order valence-corrected chi connectivity index (χ0v) is 15.1. The molecule has 1 fully saturated rings. The molecule has 1 amide bonds. The average Bonchev–Trinajstić information content (AvgIpc) is 2.85. The standard InChI is InChI=1S/C18H13NO5S2/c1-9-2-4-11(17(23)24)8-12(9)19-16(22)15(26-18(19)25)7-10-3-5-13(20)14(21)6-10/h2-8,20-21H,1H3,(H,23,24). The molecule has 1 saturated heterocycles. The third-order valence-electron chi connectivity index (χ3n) is 3.79. The Morgan fingerprint density at radius 3 is 2.54 bits per heavy atom. The van der Waals surface area contributed by atoms with Crippen LogP contribution in [0.15, 0.2) is 41.3 Å². The van der Waals surface area contributed by atoms with E-state index in [2.05, 4.69) is 0 Å². The molecule has 0 radical (unpaired) electrons. The quantitative estimate of drug-likeness (QED) is 0.421. The summed E-state index contributed by atoms with van der Waals surface area (Å²) in [6.45, 7) is 1.77. The fourth-order valence-electron chi connectivity index (χ4n) is 2.44. The number of phenols is 2. The van der Waals surface area contributed by atoms with Crippen molar-refractivity contribution in [2.75, 3.05) is 4.90 Å². The van der Waals surface area contributed by atoms with Crippen LogP contribution in [0.25, 0.3) is 6.08 Å². The first-order valence-corrected chi connectivity index (χ1v) is 8.64. The third kappa shape index (κ3) is 3.29. The van der Waals surface area contributed by atoms with Gasteiger partial charge in [-0.05, 0) is 48.4 Å². The number of aromatic carboxylic acids is 1. The number of rotatable bonds is 3. The smallest absolute Gasteiger partial charge is 0.335 e. The first-order valence-electron chi connectivity index (χ1n) is 7.42. The summed E-state index contributed by atoms with van der Waals surface area (Å²) >= 11 is 6.38. The molecule has 1 heterocycles. The Kier molecular flexibility index (Phi) is 4.71. The SMILES string of the molecule is Cc1ccc(C(=O)O)cc1N1C(=O)C(=Cc2ccc(O)c(O)c2)SC1=S. The number of carboxylic acid groups (broad SMARTS) is 1. The zero-order chi connectivity index (χ0) is 19.0. The lowest BCUT2D eigenvalue weighted by Crippen LogP contribution is -2.28. The van der Waals surface area contributed by atoms with Gasteiger partial charge in [-0.1, -0.05) is 36.1 Å². The van der Waals surface area contributed by atoms with Gasteiger partial charge in [0.05, 0.1) is 16.2 Å². The van der Waals surface area contributed by atoms with E-state index in [0.717, 1.165) is 17.3 Å². The first kappa shape index (κ1) is 18.0. The van der Waals surface area contributed by atoms with Crippen molar-refractivity contribution in [1.29, 1.82) is 0 Å². The van der Waals surface area contributed by atoms with Crippen LogP contribution in [0.3, 0.4) is 0 Å². The fourth-order valence-corrected chi connectivity index (χ4v) is 3.73. The molecule has 1 aliphatic heterocycles. The largest absolute Gasteiger partial charge is 0.504 e. The number of amides is 1. The van der Waals surface area contributed by atoms with Crippen molar-refractivity contribution in [1.82, 2.24) is 0 Å². The van der Waals surface area contributed by atoms with E-state index in [1.165, 1.54) is 29.2 Å². The van der Waals surface area contributed by atoms with Crippen LogP contribution in [0.4, 0.5) is 5.69 Å². The molecule has 0 saturated carbocycles. The van der Waals surface area contributed by atoms with E-state index in [1.54, 1.807) is 25.1 Å². The van der Waals surface area contributed by atoms with E-state index in [0.29, 0.717) is 16.2 Å². The van der Waals surface area contributed by atoms with Gasteiger partial charge < -0.3 is 15.3 Å². The van der Waals surface area contributed by atoms with Crippen molar-refractivity contribution < 1.29 is 24.9 Å². The molecule has 8 heteroatoms. The molecule has 26 heavy (non-hydrogen) atoms. The molecule has 0 aromatic heterocycles. The van der Waals surface area contributed by atoms with Gasteiger partial charge in [-0.2, -0.15) is 0 Å². The number of thiocarbonyl (C=S) groups is 1. The number of aromatic hydroxyl groups is 2. The van der Waals surface area contributed by atoms with Crippen molar-refractivity contribution in [3.63, 3.8) is 0 Å². The molecule has 132 valence electrons. The second-order valence-corrected chi connectivity index (χ2v) is 7.25. The van der Waals surface area contributed by atoms with E-state index in [9.17, 15) is 24.9 Å². The Morgan fingerprint density at radius 1 is 1.15 bits per heavy atom. The summed E-state index contributed by atoms with van der Waals surface area (Å²) in [6.07, 6.45) is 1.55.